The van der Waals surface area contributed by atoms with Gasteiger partial charge in [-0.1, -0.05) is 18.2 Å². The van der Waals surface area contributed by atoms with Crippen LogP contribution in [0.25, 0.3) is 11.0 Å². The Morgan fingerprint density at radius 3 is 2.73 bits per heavy atom. The molecule has 3 nitrogen and oxygen atoms in total. The quantitative estimate of drug-likeness (QED) is 0.836. The van der Waals surface area contributed by atoms with Gasteiger partial charge in [0.2, 0.25) is 0 Å². The van der Waals surface area contributed by atoms with Crippen LogP contribution in [0.4, 0.5) is 0 Å². The summed E-state index contributed by atoms with van der Waals surface area (Å²) in [5, 5.41) is 1.07. The van der Waals surface area contributed by atoms with Crippen molar-refractivity contribution in [3.8, 4) is 0 Å². The molecule has 1 atom stereocenters. The van der Waals surface area contributed by atoms with Crippen LogP contribution < -0.4 is 5.73 Å². The minimum absolute atomic E-state index is 0.392. The van der Waals surface area contributed by atoms with E-state index in [1.165, 1.54) is 0 Å². The molecule has 1 heterocycles. The monoisotopic (exact) mass is 205 g/mol. The van der Waals surface area contributed by atoms with Gasteiger partial charge in [0.25, 0.3) is 0 Å². The molecule has 1 aromatic heterocycles. The second-order valence-corrected chi connectivity index (χ2v) is 3.79. The van der Waals surface area contributed by atoms with Gasteiger partial charge in [-0.05, 0) is 19.1 Å². The molecule has 1 aromatic carbocycles. The number of nitrogens with two attached hydrogens (primary N) is 1. The summed E-state index contributed by atoms with van der Waals surface area (Å²) in [5.74, 6) is 0.772. The Labute approximate surface area is 88.8 Å². The van der Waals surface area contributed by atoms with Gasteiger partial charge in [-0.15, -0.1) is 0 Å². The number of furan rings is 1. The molecule has 80 valence electrons. The van der Waals surface area contributed by atoms with Crippen molar-refractivity contribution in [3.05, 3.63) is 36.1 Å². The van der Waals surface area contributed by atoms with E-state index in [-0.39, 0.29) is 0 Å². The number of benzene rings is 1. The highest BCUT2D eigenvalue weighted by molar-refractivity contribution is 5.77. The van der Waals surface area contributed by atoms with Crippen molar-refractivity contribution in [2.75, 3.05) is 13.7 Å². The van der Waals surface area contributed by atoms with Crippen molar-refractivity contribution in [3.63, 3.8) is 0 Å². The van der Waals surface area contributed by atoms with Crippen LogP contribution in [0.2, 0.25) is 0 Å². The summed E-state index contributed by atoms with van der Waals surface area (Å²) >= 11 is 0. The third-order valence-corrected chi connectivity index (χ3v) is 2.79. The predicted octanol–water partition coefficient (Wildman–Crippen LogP) is 2.25. The highest BCUT2D eigenvalue weighted by atomic mass is 16.5. The fraction of sp³-hybridized carbons (Fsp3) is 0.333. The molecule has 2 N–H and O–H groups in total. The zero-order chi connectivity index (χ0) is 10.9. The average molecular weight is 205 g/mol. The lowest BCUT2D eigenvalue weighted by atomic mass is 10.0. The molecule has 0 amide bonds. The summed E-state index contributed by atoms with van der Waals surface area (Å²) in [4.78, 5) is 0. The predicted molar refractivity (Wildman–Crippen MR) is 59.6 cm³/mol. The van der Waals surface area contributed by atoms with E-state index in [0.29, 0.717) is 6.54 Å². The summed E-state index contributed by atoms with van der Waals surface area (Å²) in [6.07, 6.45) is 0. The first kappa shape index (κ1) is 10.2. The molecule has 15 heavy (non-hydrogen) atoms. The average Bonchev–Trinajstić information content (AvgIpc) is 2.72. The maximum atomic E-state index is 5.71. The molecule has 0 saturated carbocycles. The Morgan fingerprint density at radius 2 is 2.13 bits per heavy atom. The molecule has 0 spiro atoms. The lowest BCUT2D eigenvalue weighted by molar-refractivity contribution is -0.00663. The van der Waals surface area contributed by atoms with E-state index in [1.54, 1.807) is 7.11 Å². The van der Waals surface area contributed by atoms with E-state index < -0.39 is 5.60 Å². The van der Waals surface area contributed by atoms with E-state index in [4.69, 9.17) is 14.9 Å². The van der Waals surface area contributed by atoms with Crippen LogP contribution in [0, 0.1) is 0 Å². The summed E-state index contributed by atoms with van der Waals surface area (Å²) < 4.78 is 11.1. The number of ether oxygens (including phenoxy) is 1. The number of hydrogen-bond acceptors (Lipinski definition) is 3. The zero-order valence-electron chi connectivity index (χ0n) is 8.99. The van der Waals surface area contributed by atoms with Crippen molar-refractivity contribution >= 4 is 11.0 Å². The maximum Gasteiger partial charge on any atom is 0.138 e. The van der Waals surface area contributed by atoms with Crippen molar-refractivity contribution in [1.82, 2.24) is 0 Å². The van der Waals surface area contributed by atoms with Gasteiger partial charge < -0.3 is 14.9 Å². The van der Waals surface area contributed by atoms with Gasteiger partial charge in [-0.25, -0.2) is 0 Å². The zero-order valence-corrected chi connectivity index (χ0v) is 8.99. The molecule has 2 rings (SSSR count). The van der Waals surface area contributed by atoms with E-state index in [2.05, 4.69) is 0 Å². The second kappa shape index (κ2) is 3.68. The Kier molecular flexibility index (Phi) is 2.50. The number of para-hydroxylation sites is 1. The summed E-state index contributed by atoms with van der Waals surface area (Å²) in [6.45, 7) is 2.31. The van der Waals surface area contributed by atoms with Gasteiger partial charge in [-0.2, -0.15) is 0 Å². The molecule has 2 aromatic rings. The van der Waals surface area contributed by atoms with E-state index in [1.807, 2.05) is 37.3 Å². The van der Waals surface area contributed by atoms with Gasteiger partial charge >= 0.3 is 0 Å². The first-order chi connectivity index (χ1) is 7.19. The summed E-state index contributed by atoms with van der Waals surface area (Å²) in [6, 6.07) is 9.85. The van der Waals surface area contributed by atoms with Crippen LogP contribution >= 0.6 is 0 Å². The number of fused-ring (bicyclic) bond motifs is 1. The fourth-order valence-corrected chi connectivity index (χ4v) is 1.53. The van der Waals surface area contributed by atoms with Crippen molar-refractivity contribution in [2.24, 2.45) is 5.73 Å². The van der Waals surface area contributed by atoms with Crippen LogP contribution in [0.1, 0.15) is 12.7 Å². The molecule has 0 saturated heterocycles. The van der Waals surface area contributed by atoms with Crippen molar-refractivity contribution in [1.29, 1.82) is 0 Å². The Balaban J connectivity index is 2.52. The Bertz CT molecular complexity index is 424. The third kappa shape index (κ3) is 1.64. The SMILES string of the molecule is COC(C)(CN)c1cc2ccccc2o1. The normalized spacial score (nSPS) is 15.4. The number of hydrogen-bond donors (Lipinski definition) is 1. The molecular formula is C12H15NO2. The van der Waals surface area contributed by atoms with Gasteiger partial charge in [0.05, 0.1) is 0 Å². The van der Waals surface area contributed by atoms with Crippen LogP contribution in [0.3, 0.4) is 0 Å². The standard InChI is InChI=1S/C12H15NO2/c1-12(8-13,14-2)11-7-9-5-3-4-6-10(9)15-11/h3-7H,8,13H2,1-2H3. The third-order valence-electron chi connectivity index (χ3n) is 2.79. The van der Waals surface area contributed by atoms with Crippen LogP contribution in [0.5, 0.6) is 0 Å². The number of methoxy groups -OCH3 is 1. The van der Waals surface area contributed by atoms with Gasteiger partial charge in [0.1, 0.15) is 16.9 Å². The lowest BCUT2D eigenvalue weighted by Crippen LogP contribution is -2.33. The van der Waals surface area contributed by atoms with E-state index in [0.717, 1.165) is 16.7 Å². The molecule has 0 radical (unpaired) electrons. The van der Waals surface area contributed by atoms with Crippen molar-refractivity contribution in [2.45, 2.75) is 12.5 Å². The van der Waals surface area contributed by atoms with E-state index in [9.17, 15) is 0 Å². The first-order valence-corrected chi connectivity index (χ1v) is 4.94. The highest BCUT2D eigenvalue weighted by Gasteiger charge is 2.28. The van der Waals surface area contributed by atoms with Crippen LogP contribution in [-0.4, -0.2) is 13.7 Å². The summed E-state index contributed by atoms with van der Waals surface area (Å²) in [5.41, 5.74) is 6.01. The van der Waals surface area contributed by atoms with Crippen molar-refractivity contribution < 1.29 is 9.15 Å². The largest absolute Gasteiger partial charge is 0.458 e. The molecule has 0 bridgehead atoms. The number of rotatable bonds is 3. The fourth-order valence-electron chi connectivity index (χ4n) is 1.53. The maximum absolute atomic E-state index is 5.71. The first-order valence-electron chi connectivity index (χ1n) is 4.94. The van der Waals surface area contributed by atoms with Gasteiger partial charge in [-0.3, -0.25) is 0 Å². The molecular weight excluding hydrogens is 190 g/mol. The molecule has 3 heteroatoms. The van der Waals surface area contributed by atoms with Crippen LogP contribution in [-0.2, 0) is 10.3 Å². The summed E-state index contributed by atoms with van der Waals surface area (Å²) in [7, 11) is 1.64. The minimum atomic E-state index is -0.543. The molecule has 0 aliphatic rings. The molecule has 1 unspecified atom stereocenters. The topological polar surface area (TPSA) is 48.4 Å². The van der Waals surface area contributed by atoms with Crippen LogP contribution in [0.15, 0.2) is 34.7 Å². The highest BCUT2D eigenvalue weighted by Crippen LogP contribution is 2.29. The minimum Gasteiger partial charge on any atom is -0.458 e. The smallest absolute Gasteiger partial charge is 0.138 e. The second-order valence-electron chi connectivity index (χ2n) is 3.79. The lowest BCUT2D eigenvalue weighted by Gasteiger charge is -2.23. The van der Waals surface area contributed by atoms with Gasteiger partial charge in [0, 0.05) is 19.0 Å². The molecule has 0 aliphatic carbocycles. The molecule has 0 aliphatic heterocycles. The van der Waals surface area contributed by atoms with E-state index >= 15 is 0 Å². The Morgan fingerprint density at radius 1 is 1.40 bits per heavy atom. The van der Waals surface area contributed by atoms with Gasteiger partial charge in [0.15, 0.2) is 0 Å². The Hall–Kier alpha value is -1.32. The molecule has 0 fully saturated rings.